The van der Waals surface area contributed by atoms with E-state index in [1.54, 1.807) is 18.2 Å². The molecule has 1 heterocycles. The van der Waals surface area contributed by atoms with Crippen molar-refractivity contribution in [1.82, 2.24) is 5.32 Å². The highest BCUT2D eigenvalue weighted by Gasteiger charge is 2.14. The van der Waals surface area contributed by atoms with Crippen LogP contribution in [0.2, 0.25) is 0 Å². The first kappa shape index (κ1) is 18.5. The summed E-state index contributed by atoms with van der Waals surface area (Å²) in [6.07, 6.45) is 2.78. The smallest absolute Gasteiger partial charge is 0.336 e. The van der Waals surface area contributed by atoms with Gasteiger partial charge < -0.3 is 19.6 Å². The molecule has 1 aromatic heterocycles. The minimum Gasteiger partial charge on any atom is -0.484 e. The number of aliphatic carboxylic acids is 1. The molecule has 0 fully saturated rings. The lowest BCUT2D eigenvalue weighted by molar-refractivity contribution is -0.141. The van der Waals surface area contributed by atoms with Gasteiger partial charge in [-0.2, -0.15) is 0 Å². The second kappa shape index (κ2) is 8.32. The van der Waals surface area contributed by atoms with Gasteiger partial charge in [0.15, 0.2) is 6.61 Å². The molecule has 0 aliphatic carbocycles. The van der Waals surface area contributed by atoms with Crippen LogP contribution in [0.5, 0.6) is 5.75 Å². The summed E-state index contributed by atoms with van der Waals surface area (Å²) >= 11 is 0. The maximum atomic E-state index is 11.7. The standard InChI is InChI=1S/C18H21NO6/c1-3-4-5-12-8-17(21)25-15-9-13(6-7-14(12)15)24-10-16(20)19-11(2)18(22)23/h6-9,11H,3-5,10H2,1-2H3,(H,19,20)(H,22,23)/t11-/m0/s1. The largest absolute Gasteiger partial charge is 0.484 e. The number of hydrogen-bond acceptors (Lipinski definition) is 5. The van der Waals surface area contributed by atoms with Gasteiger partial charge in [-0.05, 0) is 37.5 Å². The molecule has 0 spiro atoms. The highest BCUT2D eigenvalue weighted by molar-refractivity contribution is 5.84. The van der Waals surface area contributed by atoms with Crippen molar-refractivity contribution < 1.29 is 23.8 Å². The number of ether oxygens (including phenoxy) is 1. The Hall–Kier alpha value is -2.83. The number of benzene rings is 1. The van der Waals surface area contributed by atoms with Gasteiger partial charge in [0.25, 0.3) is 5.91 Å². The number of nitrogens with one attached hydrogen (secondary N) is 1. The highest BCUT2D eigenvalue weighted by Crippen LogP contribution is 2.23. The van der Waals surface area contributed by atoms with Crippen molar-refractivity contribution >= 4 is 22.8 Å². The van der Waals surface area contributed by atoms with Gasteiger partial charge in [0.2, 0.25) is 0 Å². The van der Waals surface area contributed by atoms with Crippen molar-refractivity contribution in [3.8, 4) is 5.75 Å². The number of rotatable bonds is 8. The van der Waals surface area contributed by atoms with Gasteiger partial charge in [0.1, 0.15) is 17.4 Å². The zero-order chi connectivity index (χ0) is 18.4. The molecular weight excluding hydrogens is 326 g/mol. The molecule has 2 rings (SSSR count). The van der Waals surface area contributed by atoms with E-state index in [1.165, 1.54) is 13.0 Å². The highest BCUT2D eigenvalue weighted by atomic mass is 16.5. The van der Waals surface area contributed by atoms with E-state index in [9.17, 15) is 14.4 Å². The third kappa shape index (κ3) is 5.07. The van der Waals surface area contributed by atoms with E-state index in [1.807, 2.05) is 0 Å². The van der Waals surface area contributed by atoms with Crippen LogP contribution in [-0.4, -0.2) is 29.6 Å². The molecular formula is C18H21NO6. The summed E-state index contributed by atoms with van der Waals surface area (Å²) in [6, 6.07) is 5.54. The Balaban J connectivity index is 2.11. The first-order valence-electron chi connectivity index (χ1n) is 8.12. The van der Waals surface area contributed by atoms with Crippen molar-refractivity contribution in [2.45, 2.75) is 39.2 Å². The number of unbranched alkanes of at least 4 members (excludes halogenated alkanes) is 1. The molecule has 0 radical (unpaired) electrons. The normalized spacial score (nSPS) is 11.9. The predicted octanol–water partition coefficient (Wildman–Crippen LogP) is 2.10. The summed E-state index contributed by atoms with van der Waals surface area (Å²) in [4.78, 5) is 34.0. The molecule has 2 aromatic rings. The third-order valence-corrected chi connectivity index (χ3v) is 3.72. The molecule has 2 N–H and O–H groups in total. The summed E-state index contributed by atoms with van der Waals surface area (Å²) in [6.45, 7) is 3.11. The molecule has 0 bridgehead atoms. The van der Waals surface area contributed by atoms with Crippen LogP contribution in [0.3, 0.4) is 0 Å². The first-order valence-corrected chi connectivity index (χ1v) is 8.12. The second-order valence-electron chi connectivity index (χ2n) is 5.77. The Labute approximate surface area is 144 Å². The summed E-state index contributed by atoms with van der Waals surface area (Å²) in [5, 5.41) is 11.9. The molecule has 1 amide bonds. The average Bonchev–Trinajstić information content (AvgIpc) is 2.57. The summed E-state index contributed by atoms with van der Waals surface area (Å²) in [7, 11) is 0. The average molecular weight is 347 g/mol. The van der Waals surface area contributed by atoms with Crippen molar-refractivity contribution in [1.29, 1.82) is 0 Å². The van der Waals surface area contributed by atoms with Crippen LogP contribution in [0.4, 0.5) is 0 Å². The SMILES string of the molecule is CCCCc1cc(=O)oc2cc(OCC(=O)N[C@@H](C)C(=O)O)ccc12. The lowest BCUT2D eigenvalue weighted by Gasteiger charge is -2.11. The predicted molar refractivity (Wildman–Crippen MR) is 91.8 cm³/mol. The fraction of sp³-hybridized carbons (Fsp3) is 0.389. The third-order valence-electron chi connectivity index (χ3n) is 3.72. The number of carboxylic acids is 1. The molecule has 7 heteroatoms. The Morgan fingerprint density at radius 2 is 2.08 bits per heavy atom. The molecule has 0 saturated carbocycles. The van der Waals surface area contributed by atoms with Gasteiger partial charge in [-0.1, -0.05) is 13.3 Å². The van der Waals surface area contributed by atoms with Crippen LogP contribution in [-0.2, 0) is 16.0 Å². The molecule has 1 atom stereocenters. The summed E-state index contributed by atoms with van der Waals surface area (Å²) in [5.41, 5.74) is 0.895. The quantitative estimate of drug-likeness (QED) is 0.709. The summed E-state index contributed by atoms with van der Waals surface area (Å²) in [5.74, 6) is -1.31. The first-order chi connectivity index (χ1) is 11.9. The number of carbonyl (C=O) groups excluding carboxylic acids is 1. The number of amides is 1. The van der Waals surface area contributed by atoms with E-state index < -0.39 is 23.5 Å². The zero-order valence-corrected chi connectivity index (χ0v) is 14.2. The van der Waals surface area contributed by atoms with E-state index in [2.05, 4.69) is 12.2 Å². The monoisotopic (exact) mass is 347 g/mol. The molecule has 25 heavy (non-hydrogen) atoms. The van der Waals surface area contributed by atoms with Crippen LogP contribution < -0.4 is 15.7 Å². The fourth-order valence-electron chi connectivity index (χ4n) is 2.37. The Kier molecular flexibility index (Phi) is 6.16. The zero-order valence-electron chi connectivity index (χ0n) is 14.2. The summed E-state index contributed by atoms with van der Waals surface area (Å²) < 4.78 is 10.6. The van der Waals surface area contributed by atoms with E-state index in [0.717, 1.165) is 30.2 Å². The van der Waals surface area contributed by atoms with Gasteiger partial charge in [0.05, 0.1) is 0 Å². The van der Waals surface area contributed by atoms with Gasteiger partial charge in [0, 0.05) is 17.5 Å². The fourth-order valence-corrected chi connectivity index (χ4v) is 2.37. The molecule has 7 nitrogen and oxygen atoms in total. The number of fused-ring (bicyclic) bond motifs is 1. The van der Waals surface area contributed by atoms with Crippen molar-refractivity contribution in [2.24, 2.45) is 0 Å². The number of carboxylic acid groups (broad SMARTS) is 1. The van der Waals surface area contributed by atoms with Crippen molar-refractivity contribution in [3.05, 3.63) is 40.2 Å². The second-order valence-corrected chi connectivity index (χ2v) is 5.77. The molecule has 0 aliphatic heterocycles. The van der Waals surface area contributed by atoms with Crippen LogP contribution in [0.15, 0.2) is 33.5 Å². The minimum absolute atomic E-state index is 0.330. The van der Waals surface area contributed by atoms with Gasteiger partial charge in [-0.3, -0.25) is 9.59 Å². The molecule has 134 valence electrons. The van der Waals surface area contributed by atoms with Crippen LogP contribution in [0, 0.1) is 0 Å². The van der Waals surface area contributed by atoms with E-state index in [0.29, 0.717) is 11.3 Å². The maximum absolute atomic E-state index is 11.7. The number of carbonyl (C=O) groups is 2. The van der Waals surface area contributed by atoms with E-state index in [-0.39, 0.29) is 6.61 Å². The van der Waals surface area contributed by atoms with Gasteiger partial charge in [-0.15, -0.1) is 0 Å². The Morgan fingerprint density at radius 1 is 1.32 bits per heavy atom. The van der Waals surface area contributed by atoms with Crippen LogP contribution in [0.1, 0.15) is 32.3 Å². The van der Waals surface area contributed by atoms with E-state index in [4.69, 9.17) is 14.3 Å². The van der Waals surface area contributed by atoms with Crippen molar-refractivity contribution in [2.75, 3.05) is 6.61 Å². The molecule has 1 aromatic carbocycles. The molecule has 0 aliphatic rings. The number of aryl methyl sites for hydroxylation is 1. The lowest BCUT2D eigenvalue weighted by Crippen LogP contribution is -2.40. The lowest BCUT2D eigenvalue weighted by atomic mass is 10.0. The molecule has 0 saturated heterocycles. The van der Waals surface area contributed by atoms with Gasteiger partial charge in [-0.25, -0.2) is 4.79 Å². The topological polar surface area (TPSA) is 106 Å². The Bertz CT molecular complexity index is 826. The number of hydrogen-bond donors (Lipinski definition) is 2. The molecule has 0 unspecified atom stereocenters. The van der Waals surface area contributed by atoms with Crippen LogP contribution in [0.25, 0.3) is 11.0 Å². The minimum atomic E-state index is -1.12. The van der Waals surface area contributed by atoms with Crippen molar-refractivity contribution in [3.63, 3.8) is 0 Å². The van der Waals surface area contributed by atoms with Crippen LogP contribution >= 0.6 is 0 Å². The maximum Gasteiger partial charge on any atom is 0.336 e. The van der Waals surface area contributed by atoms with Gasteiger partial charge >= 0.3 is 11.6 Å². The van der Waals surface area contributed by atoms with E-state index >= 15 is 0 Å². The Morgan fingerprint density at radius 3 is 2.76 bits per heavy atom.